The summed E-state index contributed by atoms with van der Waals surface area (Å²) < 4.78 is 34.6. The number of anilines is 1. The lowest BCUT2D eigenvalue weighted by atomic mass is 9.95. The molecule has 3 aromatic rings. The molecule has 0 saturated heterocycles. The van der Waals surface area contributed by atoms with Gasteiger partial charge in [0.25, 0.3) is 10.0 Å². The van der Waals surface area contributed by atoms with Crippen LogP contribution < -0.4 is 14.4 Å². The first-order chi connectivity index (χ1) is 20.8. The maximum atomic E-state index is 14.2. The Balaban J connectivity index is 1.66. The van der Waals surface area contributed by atoms with Crippen molar-refractivity contribution in [2.45, 2.75) is 75.8 Å². The Labute approximate surface area is 256 Å². The quantitative estimate of drug-likeness (QED) is 0.259. The van der Waals surface area contributed by atoms with Crippen LogP contribution in [-0.4, -0.2) is 56.9 Å². The van der Waals surface area contributed by atoms with E-state index in [1.165, 1.54) is 18.6 Å². The summed E-state index contributed by atoms with van der Waals surface area (Å²) in [5.41, 5.74) is 1.37. The summed E-state index contributed by atoms with van der Waals surface area (Å²) in [6.45, 7) is 4.06. The van der Waals surface area contributed by atoms with Gasteiger partial charge in [0.15, 0.2) is 0 Å². The first-order valence-corrected chi connectivity index (χ1v) is 16.7. The molecule has 0 bridgehead atoms. The van der Waals surface area contributed by atoms with Crippen molar-refractivity contribution >= 4 is 27.5 Å². The molecule has 0 aromatic heterocycles. The van der Waals surface area contributed by atoms with E-state index in [1.807, 2.05) is 44.2 Å². The van der Waals surface area contributed by atoms with Crippen LogP contribution >= 0.6 is 0 Å². The average molecular weight is 606 g/mol. The van der Waals surface area contributed by atoms with Crippen molar-refractivity contribution in [1.29, 1.82) is 0 Å². The lowest BCUT2D eigenvalue weighted by molar-refractivity contribution is -0.140. The molecular weight excluding hydrogens is 562 g/mol. The molecule has 0 unspecified atom stereocenters. The zero-order valence-corrected chi connectivity index (χ0v) is 26.0. The molecular formula is C34H43N3O5S. The van der Waals surface area contributed by atoms with Gasteiger partial charge in [-0.15, -0.1) is 0 Å². The van der Waals surface area contributed by atoms with Crippen molar-refractivity contribution in [1.82, 2.24) is 10.2 Å². The van der Waals surface area contributed by atoms with Crippen molar-refractivity contribution < 1.29 is 22.7 Å². The highest BCUT2D eigenvalue weighted by molar-refractivity contribution is 7.92. The SMILES string of the molecule is CCOc1ccc(N(CC(=O)N(CCc2ccccc2)[C@H](CC)C(=O)NC2CCCCC2)S(=O)(=O)c2ccccc2)cc1. The van der Waals surface area contributed by atoms with Gasteiger partial charge in [-0.05, 0) is 74.6 Å². The minimum absolute atomic E-state index is 0.0783. The number of rotatable bonds is 14. The van der Waals surface area contributed by atoms with Gasteiger partial charge in [0, 0.05) is 12.6 Å². The largest absolute Gasteiger partial charge is 0.494 e. The Hall–Kier alpha value is -3.85. The van der Waals surface area contributed by atoms with E-state index < -0.39 is 28.5 Å². The summed E-state index contributed by atoms with van der Waals surface area (Å²) in [7, 11) is -4.11. The standard InChI is InChI=1S/C34H43N3O5S/c1-3-32(34(39)35-28-16-10-6-11-17-28)36(25-24-27-14-8-5-9-15-27)33(38)26-37(29-20-22-30(23-21-29)42-4-2)43(40,41)31-18-12-7-13-19-31/h5,7-9,12-15,18-23,28,32H,3-4,6,10-11,16-17,24-26H2,1-2H3,(H,35,39)/t32-/m1/s1. The fourth-order valence-electron chi connectivity index (χ4n) is 5.56. The first-order valence-electron chi connectivity index (χ1n) is 15.3. The van der Waals surface area contributed by atoms with Crippen LogP contribution in [0.15, 0.2) is 89.8 Å². The van der Waals surface area contributed by atoms with Crippen molar-refractivity contribution in [3.8, 4) is 5.75 Å². The molecule has 8 nitrogen and oxygen atoms in total. The topological polar surface area (TPSA) is 96.0 Å². The van der Waals surface area contributed by atoms with Gasteiger partial charge < -0.3 is 15.0 Å². The van der Waals surface area contributed by atoms with Crippen molar-refractivity contribution in [3.05, 3.63) is 90.5 Å². The number of hydrogen-bond acceptors (Lipinski definition) is 5. The number of sulfonamides is 1. The fraction of sp³-hybridized carbons (Fsp3) is 0.412. The van der Waals surface area contributed by atoms with E-state index in [-0.39, 0.29) is 23.4 Å². The van der Waals surface area contributed by atoms with E-state index in [0.29, 0.717) is 30.9 Å². The maximum Gasteiger partial charge on any atom is 0.264 e. The number of ether oxygens (including phenoxy) is 1. The molecule has 9 heteroatoms. The lowest BCUT2D eigenvalue weighted by Crippen LogP contribution is -2.54. The van der Waals surface area contributed by atoms with Gasteiger partial charge in [-0.1, -0.05) is 74.7 Å². The van der Waals surface area contributed by atoms with Crippen LogP contribution in [-0.2, 0) is 26.0 Å². The molecule has 1 fully saturated rings. The summed E-state index contributed by atoms with van der Waals surface area (Å²) >= 11 is 0. The number of amides is 2. The van der Waals surface area contributed by atoms with Gasteiger partial charge >= 0.3 is 0 Å². The van der Waals surface area contributed by atoms with Crippen LogP contribution in [0.5, 0.6) is 5.75 Å². The Morgan fingerprint density at radius 2 is 1.51 bits per heavy atom. The predicted molar refractivity (Wildman–Crippen MR) is 170 cm³/mol. The second-order valence-corrected chi connectivity index (χ2v) is 12.7. The van der Waals surface area contributed by atoms with Gasteiger partial charge in [-0.2, -0.15) is 0 Å². The summed E-state index contributed by atoms with van der Waals surface area (Å²) in [4.78, 5) is 29.5. The van der Waals surface area contributed by atoms with E-state index in [4.69, 9.17) is 4.74 Å². The van der Waals surface area contributed by atoms with E-state index in [9.17, 15) is 18.0 Å². The normalized spacial score (nSPS) is 14.5. The van der Waals surface area contributed by atoms with Crippen molar-refractivity contribution in [2.75, 3.05) is 24.0 Å². The zero-order chi connectivity index (χ0) is 30.7. The molecule has 4 rings (SSSR count). The Morgan fingerprint density at radius 1 is 0.884 bits per heavy atom. The van der Waals surface area contributed by atoms with Crippen LogP contribution in [0, 0.1) is 0 Å². The summed E-state index contributed by atoms with van der Waals surface area (Å²) in [5.74, 6) is -0.0196. The molecule has 43 heavy (non-hydrogen) atoms. The summed E-state index contributed by atoms with van der Waals surface area (Å²) in [6, 6.07) is 23.9. The minimum Gasteiger partial charge on any atom is -0.494 e. The van der Waals surface area contributed by atoms with Gasteiger partial charge in [-0.25, -0.2) is 8.42 Å². The summed E-state index contributed by atoms with van der Waals surface area (Å²) in [5, 5.41) is 3.18. The smallest absolute Gasteiger partial charge is 0.264 e. The highest BCUT2D eigenvalue weighted by atomic mass is 32.2. The van der Waals surface area contributed by atoms with Crippen LogP contribution in [0.1, 0.15) is 57.9 Å². The molecule has 1 aliphatic rings. The van der Waals surface area contributed by atoms with E-state index in [0.717, 1.165) is 35.6 Å². The van der Waals surface area contributed by atoms with Crippen molar-refractivity contribution in [2.24, 2.45) is 0 Å². The third-order valence-corrected chi connectivity index (χ3v) is 9.66. The molecule has 1 aliphatic carbocycles. The molecule has 3 aromatic carbocycles. The number of nitrogens with one attached hydrogen (secondary N) is 1. The minimum atomic E-state index is -4.11. The monoisotopic (exact) mass is 605 g/mol. The van der Waals surface area contributed by atoms with Crippen LogP contribution in [0.3, 0.4) is 0 Å². The molecule has 0 radical (unpaired) electrons. The molecule has 1 saturated carbocycles. The average Bonchev–Trinajstić information content (AvgIpc) is 3.03. The first kappa shape index (κ1) is 32.1. The third kappa shape index (κ3) is 8.60. The molecule has 1 atom stereocenters. The third-order valence-electron chi connectivity index (χ3n) is 7.87. The van der Waals surface area contributed by atoms with Crippen LogP contribution in [0.25, 0.3) is 0 Å². The second kappa shape index (κ2) is 15.6. The molecule has 0 spiro atoms. The molecule has 0 heterocycles. The number of benzene rings is 3. The summed E-state index contributed by atoms with van der Waals surface area (Å²) in [6.07, 6.45) is 6.13. The number of nitrogens with zero attached hydrogens (tertiary/aromatic N) is 2. The highest BCUT2D eigenvalue weighted by Crippen LogP contribution is 2.27. The lowest BCUT2D eigenvalue weighted by Gasteiger charge is -2.34. The highest BCUT2D eigenvalue weighted by Gasteiger charge is 2.34. The molecule has 1 N–H and O–H groups in total. The van der Waals surface area contributed by atoms with E-state index >= 15 is 0 Å². The Bertz CT molecular complexity index is 1410. The van der Waals surface area contributed by atoms with Gasteiger partial charge in [0.2, 0.25) is 11.8 Å². The Kier molecular flexibility index (Phi) is 11.6. The van der Waals surface area contributed by atoms with Crippen molar-refractivity contribution in [3.63, 3.8) is 0 Å². The van der Waals surface area contributed by atoms with Crippen LogP contribution in [0.2, 0.25) is 0 Å². The second-order valence-electron chi connectivity index (χ2n) is 10.8. The number of carbonyl (C=O) groups is 2. The Morgan fingerprint density at radius 3 is 2.12 bits per heavy atom. The van der Waals surface area contributed by atoms with E-state index in [1.54, 1.807) is 47.4 Å². The van der Waals surface area contributed by atoms with Gasteiger partial charge in [0.05, 0.1) is 17.2 Å². The van der Waals surface area contributed by atoms with Gasteiger partial charge in [0.1, 0.15) is 18.3 Å². The van der Waals surface area contributed by atoms with Crippen LogP contribution in [0.4, 0.5) is 5.69 Å². The number of hydrogen-bond donors (Lipinski definition) is 1. The predicted octanol–water partition coefficient (Wildman–Crippen LogP) is 5.58. The maximum absolute atomic E-state index is 14.2. The van der Waals surface area contributed by atoms with E-state index in [2.05, 4.69) is 5.32 Å². The molecule has 2 amide bonds. The molecule has 0 aliphatic heterocycles. The fourth-order valence-corrected chi connectivity index (χ4v) is 7.00. The van der Waals surface area contributed by atoms with Gasteiger partial charge in [-0.3, -0.25) is 13.9 Å². The zero-order valence-electron chi connectivity index (χ0n) is 25.2. The molecule has 230 valence electrons. The number of carbonyl (C=O) groups excluding carboxylic acids is 2.